The minimum Gasteiger partial charge on any atom is -0.444 e. The molecule has 216 valence electrons. The van der Waals surface area contributed by atoms with Crippen LogP contribution in [0, 0.1) is 12.7 Å². The Hall–Kier alpha value is -3.90. The summed E-state index contributed by atoms with van der Waals surface area (Å²) in [6.07, 6.45) is -2.23. The topological polar surface area (TPSA) is 112 Å². The lowest BCUT2D eigenvalue weighted by Gasteiger charge is -2.30. The molecule has 0 unspecified atom stereocenters. The molecule has 1 aliphatic heterocycles. The molecule has 0 radical (unpaired) electrons. The van der Waals surface area contributed by atoms with Crippen molar-refractivity contribution in [2.45, 2.75) is 71.3 Å². The van der Waals surface area contributed by atoms with Gasteiger partial charge in [0.05, 0.1) is 27.9 Å². The van der Waals surface area contributed by atoms with Gasteiger partial charge in [-0.1, -0.05) is 6.07 Å². The highest BCUT2D eigenvalue weighted by Gasteiger charge is 2.41. The van der Waals surface area contributed by atoms with Gasteiger partial charge in [0.25, 0.3) is 5.91 Å². The van der Waals surface area contributed by atoms with E-state index in [2.05, 4.69) is 20.3 Å². The summed E-state index contributed by atoms with van der Waals surface area (Å²) in [6, 6.07) is 0.769. The number of alkyl carbamates (subject to hydrolysis) is 1. The summed E-state index contributed by atoms with van der Waals surface area (Å²) in [4.78, 5) is 39.1. The predicted octanol–water partition coefficient (Wildman–Crippen LogP) is 5.25. The number of nitrogens with zero attached hydrogens (tertiary/aromatic N) is 3. The SMILES string of the molecule is Cc1ccc(F)c2[nH]c(-c3cncc(C(=O)N[C@@H](C)C(F)(F)F)c3N3CC[C@](C)(NC(=O)OC(C)(C)C)C3)nc12. The van der Waals surface area contributed by atoms with Gasteiger partial charge in [-0.3, -0.25) is 9.78 Å². The number of aromatic amines is 1. The van der Waals surface area contributed by atoms with E-state index in [-0.39, 0.29) is 29.1 Å². The molecule has 2 atom stereocenters. The van der Waals surface area contributed by atoms with Crippen LogP contribution in [0.4, 0.5) is 28.0 Å². The van der Waals surface area contributed by atoms with E-state index in [0.717, 1.165) is 6.92 Å². The smallest absolute Gasteiger partial charge is 0.408 e. The summed E-state index contributed by atoms with van der Waals surface area (Å²) in [7, 11) is 0. The van der Waals surface area contributed by atoms with E-state index in [1.165, 1.54) is 18.5 Å². The zero-order valence-electron chi connectivity index (χ0n) is 23.1. The number of pyridine rings is 1. The molecule has 1 saturated heterocycles. The quantitative estimate of drug-likeness (QED) is 0.365. The number of aromatic nitrogens is 3. The number of rotatable bonds is 5. The third kappa shape index (κ3) is 6.13. The number of carbonyl (C=O) groups excluding carboxylic acids is 2. The molecule has 0 aliphatic carbocycles. The lowest BCUT2D eigenvalue weighted by Crippen LogP contribution is -2.49. The van der Waals surface area contributed by atoms with Gasteiger partial charge in [0.15, 0.2) is 0 Å². The molecule has 0 spiro atoms. The number of H-pyrrole nitrogens is 1. The minimum absolute atomic E-state index is 0.118. The van der Waals surface area contributed by atoms with E-state index in [9.17, 15) is 27.2 Å². The van der Waals surface area contributed by atoms with Gasteiger partial charge in [0, 0.05) is 25.5 Å². The second-order valence-corrected chi connectivity index (χ2v) is 11.4. The van der Waals surface area contributed by atoms with Crippen molar-refractivity contribution >= 4 is 28.7 Å². The fourth-order valence-electron chi connectivity index (χ4n) is 4.61. The number of anilines is 1. The number of benzene rings is 1. The van der Waals surface area contributed by atoms with Gasteiger partial charge in [-0.25, -0.2) is 14.2 Å². The van der Waals surface area contributed by atoms with Crippen molar-refractivity contribution in [3.63, 3.8) is 0 Å². The van der Waals surface area contributed by atoms with Gasteiger partial charge in [-0.2, -0.15) is 13.2 Å². The molecule has 3 heterocycles. The van der Waals surface area contributed by atoms with Crippen LogP contribution < -0.4 is 15.5 Å². The van der Waals surface area contributed by atoms with Crippen LogP contribution >= 0.6 is 0 Å². The molecule has 2 aromatic heterocycles. The number of aryl methyl sites for hydroxylation is 1. The minimum atomic E-state index is -4.65. The molecule has 3 aromatic rings. The molecular formula is C27H32F4N6O3. The molecule has 13 heteroatoms. The lowest BCUT2D eigenvalue weighted by atomic mass is 10.0. The number of fused-ring (bicyclic) bond motifs is 1. The van der Waals surface area contributed by atoms with Gasteiger partial charge >= 0.3 is 12.3 Å². The Morgan fingerprint density at radius 1 is 1.20 bits per heavy atom. The number of imidazole rings is 1. The summed E-state index contributed by atoms with van der Waals surface area (Å²) < 4.78 is 59.8. The van der Waals surface area contributed by atoms with E-state index in [4.69, 9.17) is 4.74 Å². The standard InChI is InChI=1S/C27H32F4N6O3/c1-14-7-8-18(28)20-19(14)34-22(35-20)16-11-32-12-17(23(38)33-15(2)27(29,30)31)21(16)37-10-9-26(6,13-37)36-24(39)40-25(3,4)5/h7-8,11-12,15H,9-10,13H2,1-6H3,(H,33,38)(H,34,35)(H,36,39)/t15-,26-/m0/s1. The van der Waals surface area contributed by atoms with Crippen molar-refractivity contribution in [3.05, 3.63) is 41.5 Å². The number of ether oxygens (including phenoxy) is 1. The van der Waals surface area contributed by atoms with Crippen molar-refractivity contribution in [2.75, 3.05) is 18.0 Å². The maximum atomic E-state index is 14.6. The molecule has 40 heavy (non-hydrogen) atoms. The highest BCUT2D eigenvalue weighted by molar-refractivity contribution is 6.03. The fraction of sp³-hybridized carbons (Fsp3) is 0.481. The first-order valence-corrected chi connectivity index (χ1v) is 12.7. The molecule has 1 aliphatic rings. The molecular weight excluding hydrogens is 532 g/mol. The number of hydrogen-bond donors (Lipinski definition) is 3. The average molecular weight is 565 g/mol. The number of amides is 2. The molecule has 1 aromatic carbocycles. The van der Waals surface area contributed by atoms with Crippen LogP contribution in [0.5, 0.6) is 0 Å². The van der Waals surface area contributed by atoms with Crippen molar-refractivity contribution in [1.82, 2.24) is 25.6 Å². The third-order valence-corrected chi connectivity index (χ3v) is 6.64. The van der Waals surface area contributed by atoms with Crippen LogP contribution in [0.15, 0.2) is 24.5 Å². The van der Waals surface area contributed by atoms with Crippen molar-refractivity contribution < 1.29 is 31.9 Å². The maximum absolute atomic E-state index is 14.6. The van der Waals surface area contributed by atoms with Crippen LogP contribution in [0.1, 0.15) is 57.0 Å². The summed E-state index contributed by atoms with van der Waals surface area (Å²) in [5.41, 5.74) is 0.166. The van der Waals surface area contributed by atoms with Gasteiger partial charge in [-0.05, 0) is 59.6 Å². The molecule has 0 saturated carbocycles. The normalized spacial score (nSPS) is 18.6. The third-order valence-electron chi connectivity index (χ3n) is 6.64. The largest absolute Gasteiger partial charge is 0.444 e. The van der Waals surface area contributed by atoms with E-state index in [1.54, 1.807) is 38.7 Å². The van der Waals surface area contributed by atoms with Gasteiger partial charge in [0.1, 0.15) is 28.8 Å². The zero-order chi connectivity index (χ0) is 29.6. The summed E-state index contributed by atoms with van der Waals surface area (Å²) in [5.74, 6) is -1.32. The van der Waals surface area contributed by atoms with Crippen LogP contribution in [-0.2, 0) is 4.74 Å². The number of halogens is 4. The molecule has 9 nitrogen and oxygen atoms in total. The highest BCUT2D eigenvalue weighted by atomic mass is 19.4. The van der Waals surface area contributed by atoms with Gasteiger partial charge < -0.3 is 25.3 Å². The first-order valence-electron chi connectivity index (χ1n) is 12.7. The monoisotopic (exact) mass is 564 g/mol. The fourth-order valence-corrected chi connectivity index (χ4v) is 4.61. The second kappa shape index (κ2) is 10.3. The Morgan fingerprint density at radius 3 is 2.52 bits per heavy atom. The van der Waals surface area contributed by atoms with Crippen LogP contribution in [0.2, 0.25) is 0 Å². The van der Waals surface area contributed by atoms with E-state index in [0.29, 0.717) is 29.6 Å². The Kier molecular flexibility index (Phi) is 7.46. The second-order valence-electron chi connectivity index (χ2n) is 11.4. The van der Waals surface area contributed by atoms with Gasteiger partial charge in [0.2, 0.25) is 0 Å². The first kappa shape index (κ1) is 29.1. The van der Waals surface area contributed by atoms with Crippen LogP contribution in [0.25, 0.3) is 22.4 Å². The summed E-state index contributed by atoms with van der Waals surface area (Å²) in [6.45, 7) is 10.2. The average Bonchev–Trinajstić information content (AvgIpc) is 3.44. The Morgan fingerprint density at radius 2 is 1.90 bits per heavy atom. The van der Waals surface area contributed by atoms with Crippen LogP contribution in [0.3, 0.4) is 0 Å². The highest BCUT2D eigenvalue weighted by Crippen LogP contribution is 2.38. The summed E-state index contributed by atoms with van der Waals surface area (Å²) >= 11 is 0. The number of alkyl halides is 3. The maximum Gasteiger partial charge on any atom is 0.408 e. The molecule has 0 bridgehead atoms. The molecule has 1 fully saturated rings. The van der Waals surface area contributed by atoms with E-state index in [1.807, 2.05) is 12.2 Å². The van der Waals surface area contributed by atoms with E-state index < -0.39 is 41.2 Å². The van der Waals surface area contributed by atoms with Crippen molar-refractivity contribution in [2.24, 2.45) is 0 Å². The van der Waals surface area contributed by atoms with E-state index >= 15 is 0 Å². The summed E-state index contributed by atoms with van der Waals surface area (Å²) in [5, 5.41) is 4.86. The van der Waals surface area contributed by atoms with Crippen LogP contribution in [-0.4, -0.2) is 63.4 Å². The zero-order valence-corrected chi connectivity index (χ0v) is 23.1. The lowest BCUT2D eigenvalue weighted by molar-refractivity contribution is -0.149. The number of carbonyl (C=O) groups is 2. The first-order chi connectivity index (χ1) is 18.5. The Bertz CT molecular complexity index is 1410. The predicted molar refractivity (Wildman–Crippen MR) is 142 cm³/mol. The number of nitrogens with one attached hydrogen (secondary N) is 3. The Labute approximate surface area is 228 Å². The molecule has 4 rings (SSSR count). The van der Waals surface area contributed by atoms with Crippen molar-refractivity contribution in [1.29, 1.82) is 0 Å². The number of hydrogen-bond acceptors (Lipinski definition) is 6. The molecule has 2 amide bonds. The van der Waals surface area contributed by atoms with Crippen molar-refractivity contribution in [3.8, 4) is 11.4 Å². The van der Waals surface area contributed by atoms with Gasteiger partial charge in [-0.15, -0.1) is 0 Å². The molecule has 3 N–H and O–H groups in total. The Balaban J connectivity index is 1.78.